The summed E-state index contributed by atoms with van der Waals surface area (Å²) in [5.74, 6) is 0. The molecule has 1 N–H and O–H groups in total. The Bertz CT molecular complexity index is 558. The molecule has 0 spiro atoms. The Kier molecular flexibility index (Phi) is 3.79. The van der Waals surface area contributed by atoms with Gasteiger partial charge in [0, 0.05) is 30.3 Å². The second-order valence-corrected chi connectivity index (χ2v) is 5.46. The number of carbonyl (C=O) groups excluding carboxylic acids is 1. The van der Waals surface area contributed by atoms with Gasteiger partial charge in [0.2, 0.25) is 0 Å². The Labute approximate surface area is 98.2 Å². The molecule has 0 fully saturated rings. The van der Waals surface area contributed by atoms with Gasteiger partial charge in [-0.15, -0.1) is 4.36 Å². The molecule has 0 bridgehead atoms. The number of non-ortho nitro benzene ring substituents is 1. The molecule has 0 aliphatic rings. The predicted molar refractivity (Wildman–Crippen MR) is 62.3 cm³/mol. The molecule has 0 radical (unpaired) electrons. The summed E-state index contributed by atoms with van der Waals surface area (Å²) in [7, 11) is -1.50. The highest BCUT2D eigenvalue weighted by Gasteiger charge is 2.11. The van der Waals surface area contributed by atoms with Crippen LogP contribution in [0.25, 0.3) is 0 Å². The molecule has 8 heteroatoms. The molecule has 0 saturated carbocycles. The Morgan fingerprint density at radius 1 is 1.41 bits per heavy atom. The third-order valence-corrected chi connectivity index (χ3v) is 3.62. The first kappa shape index (κ1) is 13.1. The number of benzene rings is 1. The van der Waals surface area contributed by atoms with Crippen molar-refractivity contribution in [3.05, 3.63) is 34.4 Å². The summed E-state index contributed by atoms with van der Waals surface area (Å²) in [6.07, 6.45) is 1.30. The molecule has 17 heavy (non-hydrogen) atoms. The van der Waals surface area contributed by atoms with Gasteiger partial charge in [0.25, 0.3) is 5.69 Å². The minimum Gasteiger partial charge on any atom is -0.339 e. The van der Waals surface area contributed by atoms with Crippen LogP contribution in [0.5, 0.6) is 0 Å². The Hall–Kier alpha value is -1.96. The Morgan fingerprint density at radius 2 is 1.94 bits per heavy atom. The van der Waals surface area contributed by atoms with Gasteiger partial charge >= 0.3 is 6.03 Å². The van der Waals surface area contributed by atoms with Crippen molar-refractivity contribution in [1.29, 1.82) is 0 Å². The molecule has 0 heterocycles. The fourth-order valence-corrected chi connectivity index (χ4v) is 2.23. The quantitative estimate of drug-likeness (QED) is 0.638. The third-order valence-electron chi connectivity index (χ3n) is 1.96. The Balaban J connectivity index is 3.17. The zero-order chi connectivity index (χ0) is 13.1. The molecule has 1 aromatic rings. The lowest BCUT2D eigenvalue weighted by Gasteiger charge is -2.03. The molecule has 0 saturated heterocycles. The van der Waals surface area contributed by atoms with E-state index in [4.69, 9.17) is 0 Å². The lowest BCUT2D eigenvalue weighted by Crippen LogP contribution is -2.15. The average molecular weight is 257 g/mol. The van der Waals surface area contributed by atoms with Crippen molar-refractivity contribution in [2.24, 2.45) is 4.36 Å². The maximum Gasteiger partial charge on any atom is 0.349 e. The maximum absolute atomic E-state index is 12.0. The molecule has 1 aromatic carbocycles. The molecule has 7 nitrogen and oxygen atoms in total. The molecule has 0 aliphatic heterocycles. The van der Waals surface area contributed by atoms with Gasteiger partial charge in [0.15, 0.2) is 0 Å². The van der Waals surface area contributed by atoms with E-state index < -0.39 is 20.7 Å². The number of urea groups is 1. The molecular formula is C9H11N3O4S. The summed E-state index contributed by atoms with van der Waals surface area (Å²) in [6.45, 7) is 0. The fraction of sp³-hybridized carbons (Fsp3) is 0.222. The smallest absolute Gasteiger partial charge is 0.339 e. The van der Waals surface area contributed by atoms with Crippen LogP contribution < -0.4 is 5.32 Å². The minimum absolute atomic E-state index is 0.108. The second-order valence-electron chi connectivity index (χ2n) is 3.20. The van der Waals surface area contributed by atoms with Gasteiger partial charge < -0.3 is 5.32 Å². The van der Waals surface area contributed by atoms with Crippen LogP contribution in [0.1, 0.15) is 0 Å². The van der Waals surface area contributed by atoms with E-state index in [1.165, 1.54) is 37.6 Å². The first-order valence-electron chi connectivity index (χ1n) is 4.55. The highest BCUT2D eigenvalue weighted by molar-refractivity contribution is 7.93. The lowest BCUT2D eigenvalue weighted by atomic mass is 10.3. The zero-order valence-corrected chi connectivity index (χ0v) is 10.1. The van der Waals surface area contributed by atoms with Gasteiger partial charge in [-0.1, -0.05) is 0 Å². The average Bonchev–Trinajstić information content (AvgIpc) is 2.28. The van der Waals surface area contributed by atoms with E-state index in [0.29, 0.717) is 0 Å². The number of nitro groups is 1. The van der Waals surface area contributed by atoms with E-state index in [1.54, 1.807) is 0 Å². The van der Waals surface area contributed by atoms with E-state index in [2.05, 4.69) is 9.68 Å². The standard InChI is InChI=1S/C9H11N3O4S/c1-10-9(13)11-17(2,16)8-5-3-7(4-6-8)12(14)15/h3-6H,1-2H3,(H,10,13). The van der Waals surface area contributed by atoms with Gasteiger partial charge in [0.1, 0.15) is 0 Å². The summed E-state index contributed by atoms with van der Waals surface area (Å²) in [5, 5.41) is 12.7. The van der Waals surface area contributed by atoms with Crippen molar-refractivity contribution in [3.8, 4) is 0 Å². The number of nitro benzene ring substituents is 1. The van der Waals surface area contributed by atoms with Crippen LogP contribution in [0, 0.1) is 10.1 Å². The van der Waals surface area contributed by atoms with Gasteiger partial charge in [-0.3, -0.25) is 10.1 Å². The van der Waals surface area contributed by atoms with E-state index in [9.17, 15) is 19.1 Å². The monoisotopic (exact) mass is 257 g/mol. The molecule has 92 valence electrons. The highest BCUT2D eigenvalue weighted by Crippen LogP contribution is 2.17. The van der Waals surface area contributed by atoms with Crippen LogP contribution in [0.2, 0.25) is 0 Å². The van der Waals surface area contributed by atoms with E-state index >= 15 is 0 Å². The van der Waals surface area contributed by atoms with Crippen LogP contribution in [0.15, 0.2) is 33.5 Å². The van der Waals surface area contributed by atoms with Crippen molar-refractivity contribution in [1.82, 2.24) is 5.32 Å². The summed E-state index contributed by atoms with van der Waals surface area (Å²) in [4.78, 5) is 21.2. The predicted octanol–water partition coefficient (Wildman–Crippen LogP) is 1.39. The number of nitrogens with zero attached hydrogens (tertiary/aromatic N) is 2. The van der Waals surface area contributed by atoms with Crippen molar-refractivity contribution in [3.63, 3.8) is 0 Å². The second kappa shape index (κ2) is 4.91. The maximum atomic E-state index is 12.0. The number of hydrogen-bond donors (Lipinski definition) is 1. The normalized spacial score (nSPS) is 13.5. The first-order chi connectivity index (χ1) is 7.86. The minimum atomic E-state index is -2.87. The van der Waals surface area contributed by atoms with Crippen molar-refractivity contribution < 1.29 is 13.9 Å². The largest absolute Gasteiger partial charge is 0.349 e. The van der Waals surface area contributed by atoms with E-state index in [1.807, 2.05) is 0 Å². The molecular weight excluding hydrogens is 246 g/mol. The van der Waals surface area contributed by atoms with Crippen LogP contribution in [-0.4, -0.2) is 28.5 Å². The summed E-state index contributed by atoms with van der Waals surface area (Å²) < 4.78 is 15.5. The van der Waals surface area contributed by atoms with E-state index in [-0.39, 0.29) is 10.6 Å². The van der Waals surface area contributed by atoms with Crippen molar-refractivity contribution in [2.75, 3.05) is 13.3 Å². The number of rotatable bonds is 2. The lowest BCUT2D eigenvalue weighted by molar-refractivity contribution is -0.384. The molecule has 0 aromatic heterocycles. The summed E-state index contributed by atoms with van der Waals surface area (Å²) >= 11 is 0. The SMILES string of the molecule is CNC(=O)N=S(C)(=O)c1ccc([N+](=O)[O-])cc1. The van der Waals surface area contributed by atoms with Crippen LogP contribution in [0.3, 0.4) is 0 Å². The summed E-state index contributed by atoms with van der Waals surface area (Å²) in [5.41, 5.74) is -0.108. The zero-order valence-electron chi connectivity index (χ0n) is 9.25. The molecule has 1 rings (SSSR count). The topological polar surface area (TPSA) is 102 Å². The molecule has 0 aliphatic carbocycles. The summed E-state index contributed by atoms with van der Waals surface area (Å²) in [6, 6.07) is 4.39. The Morgan fingerprint density at radius 3 is 2.35 bits per heavy atom. The highest BCUT2D eigenvalue weighted by atomic mass is 32.2. The third kappa shape index (κ3) is 3.25. The fourth-order valence-electron chi connectivity index (χ4n) is 1.08. The molecule has 1 unspecified atom stereocenters. The van der Waals surface area contributed by atoms with Gasteiger partial charge in [-0.2, -0.15) is 0 Å². The van der Waals surface area contributed by atoms with Crippen LogP contribution in [0.4, 0.5) is 10.5 Å². The number of nitrogens with one attached hydrogen (secondary N) is 1. The van der Waals surface area contributed by atoms with Crippen LogP contribution >= 0.6 is 0 Å². The number of carbonyl (C=O) groups is 1. The number of amides is 2. The number of hydrogen-bond acceptors (Lipinski definition) is 4. The van der Waals surface area contributed by atoms with E-state index in [0.717, 1.165) is 0 Å². The van der Waals surface area contributed by atoms with Gasteiger partial charge in [-0.05, 0) is 12.1 Å². The van der Waals surface area contributed by atoms with Crippen molar-refractivity contribution >= 4 is 21.4 Å². The van der Waals surface area contributed by atoms with Gasteiger partial charge in [-0.25, -0.2) is 9.00 Å². The van der Waals surface area contributed by atoms with Crippen molar-refractivity contribution in [2.45, 2.75) is 4.90 Å². The van der Waals surface area contributed by atoms with Crippen LogP contribution in [-0.2, 0) is 9.73 Å². The molecule has 1 atom stereocenters. The first-order valence-corrected chi connectivity index (χ1v) is 6.47. The van der Waals surface area contributed by atoms with Gasteiger partial charge in [0.05, 0.1) is 14.7 Å². The molecule has 2 amide bonds.